The van der Waals surface area contributed by atoms with Gasteiger partial charge in [0.2, 0.25) is 0 Å². The van der Waals surface area contributed by atoms with Crippen LogP contribution in [0.5, 0.6) is 0 Å². The van der Waals surface area contributed by atoms with Gasteiger partial charge in [-0.15, -0.1) is 12.4 Å². The highest BCUT2D eigenvalue weighted by molar-refractivity contribution is 6.30. The Morgan fingerprint density at radius 1 is 0.848 bits per heavy atom. The summed E-state index contributed by atoms with van der Waals surface area (Å²) in [5.74, 6) is -0.0752. The molecule has 1 amide bonds. The minimum Gasteiger partial charge on any atom is -0.345 e. The van der Waals surface area contributed by atoms with Crippen LogP contribution < -0.4 is 5.32 Å². The maximum atomic E-state index is 13.0. The third kappa shape index (κ3) is 6.35. The summed E-state index contributed by atoms with van der Waals surface area (Å²) in [5, 5.41) is 6.32. The van der Waals surface area contributed by atoms with E-state index in [1.54, 1.807) is 0 Å². The van der Waals surface area contributed by atoms with Crippen LogP contribution >= 0.6 is 24.0 Å². The van der Waals surface area contributed by atoms with Crippen LogP contribution in [0.2, 0.25) is 5.02 Å². The second-order valence-electron chi connectivity index (χ2n) is 8.31. The van der Waals surface area contributed by atoms with Crippen molar-refractivity contribution in [1.82, 2.24) is 10.2 Å². The fourth-order valence-electron chi connectivity index (χ4n) is 3.83. The highest BCUT2D eigenvalue weighted by atomic mass is 35.5. The number of carbonyl (C=O) groups excluding carboxylic acids is 1. The van der Waals surface area contributed by atoms with Gasteiger partial charge in [0.05, 0.1) is 6.04 Å². The molecule has 0 aliphatic carbocycles. The van der Waals surface area contributed by atoms with Gasteiger partial charge in [-0.25, -0.2) is 0 Å². The van der Waals surface area contributed by atoms with Crippen molar-refractivity contribution < 1.29 is 4.79 Å². The number of fused-ring (bicyclic) bond motifs is 1. The molecule has 170 valence electrons. The Morgan fingerprint density at radius 3 is 2.15 bits per heavy atom. The second-order valence-corrected chi connectivity index (χ2v) is 8.75. The predicted octanol–water partition coefficient (Wildman–Crippen LogP) is 7.00. The van der Waals surface area contributed by atoms with E-state index in [2.05, 4.69) is 40.5 Å². The number of halogens is 2. The Hall–Kier alpha value is -2.85. The van der Waals surface area contributed by atoms with Gasteiger partial charge in [0, 0.05) is 10.6 Å². The smallest absolute Gasteiger partial charge is 0.251 e. The standard InChI is InChI=1S/C28H27ClN2O.ClH/c1-31(2)18-17-27(22-13-15-26(29)16-14-22)30-28(32)23-10-7-21(8-11-23)25-12-9-20-5-3-4-6-24(20)19-25;/h3-16,19,27H,17-18H2,1-2H3,(H,30,32);1H. The summed E-state index contributed by atoms with van der Waals surface area (Å²) in [6.45, 7) is 0.870. The largest absolute Gasteiger partial charge is 0.345 e. The maximum Gasteiger partial charge on any atom is 0.251 e. The summed E-state index contributed by atoms with van der Waals surface area (Å²) in [4.78, 5) is 15.1. The topological polar surface area (TPSA) is 32.3 Å². The Balaban J connectivity index is 0.00000306. The molecule has 0 saturated carbocycles. The molecule has 4 aromatic rings. The van der Waals surface area contributed by atoms with E-state index < -0.39 is 0 Å². The molecule has 0 bridgehead atoms. The molecule has 0 fully saturated rings. The van der Waals surface area contributed by atoms with Crippen LogP contribution in [0, 0.1) is 0 Å². The molecular formula is C28H28Cl2N2O. The van der Waals surface area contributed by atoms with E-state index in [9.17, 15) is 4.79 Å². The van der Waals surface area contributed by atoms with Gasteiger partial charge >= 0.3 is 0 Å². The summed E-state index contributed by atoms with van der Waals surface area (Å²) in [6.07, 6.45) is 0.815. The molecule has 0 heterocycles. The van der Waals surface area contributed by atoms with Crippen molar-refractivity contribution in [3.05, 3.63) is 107 Å². The van der Waals surface area contributed by atoms with Crippen LogP contribution in [0.4, 0.5) is 0 Å². The summed E-state index contributed by atoms with van der Waals surface area (Å²) in [7, 11) is 4.07. The van der Waals surface area contributed by atoms with Gasteiger partial charge in [0.25, 0.3) is 5.91 Å². The first kappa shape index (κ1) is 24.8. The second kappa shape index (κ2) is 11.3. The fourth-order valence-corrected chi connectivity index (χ4v) is 3.96. The van der Waals surface area contributed by atoms with E-state index in [1.807, 2.05) is 74.8 Å². The summed E-state index contributed by atoms with van der Waals surface area (Å²) < 4.78 is 0. The molecular weight excluding hydrogens is 451 g/mol. The van der Waals surface area contributed by atoms with Crippen LogP contribution in [0.25, 0.3) is 21.9 Å². The van der Waals surface area contributed by atoms with Crippen LogP contribution in [-0.4, -0.2) is 31.4 Å². The van der Waals surface area contributed by atoms with Gasteiger partial charge in [0.1, 0.15) is 0 Å². The van der Waals surface area contributed by atoms with Crippen molar-refractivity contribution in [2.75, 3.05) is 20.6 Å². The summed E-state index contributed by atoms with van der Waals surface area (Å²) in [5.41, 5.74) is 3.94. The molecule has 0 aliphatic rings. The zero-order valence-corrected chi connectivity index (χ0v) is 20.4. The van der Waals surface area contributed by atoms with E-state index in [4.69, 9.17) is 11.6 Å². The van der Waals surface area contributed by atoms with Crippen molar-refractivity contribution >= 4 is 40.7 Å². The lowest BCUT2D eigenvalue weighted by molar-refractivity contribution is 0.0932. The van der Waals surface area contributed by atoms with E-state index in [1.165, 1.54) is 10.8 Å². The van der Waals surface area contributed by atoms with Crippen LogP contribution in [-0.2, 0) is 0 Å². The van der Waals surface area contributed by atoms with Crippen molar-refractivity contribution in [1.29, 1.82) is 0 Å². The van der Waals surface area contributed by atoms with Gasteiger partial charge in [-0.3, -0.25) is 4.79 Å². The molecule has 1 atom stereocenters. The Labute approximate surface area is 206 Å². The first-order valence-corrected chi connectivity index (χ1v) is 11.2. The van der Waals surface area contributed by atoms with E-state index in [-0.39, 0.29) is 24.4 Å². The first-order valence-electron chi connectivity index (χ1n) is 10.8. The third-order valence-electron chi connectivity index (χ3n) is 5.67. The van der Waals surface area contributed by atoms with Gasteiger partial charge in [0.15, 0.2) is 0 Å². The SMILES string of the molecule is CN(C)CCC(NC(=O)c1ccc(-c2ccc3ccccc3c2)cc1)c1ccc(Cl)cc1.Cl. The quantitative estimate of drug-likeness (QED) is 0.309. The van der Waals surface area contributed by atoms with Gasteiger partial charge < -0.3 is 10.2 Å². The average molecular weight is 479 g/mol. The molecule has 3 nitrogen and oxygen atoms in total. The van der Waals surface area contributed by atoms with E-state index in [0.29, 0.717) is 10.6 Å². The molecule has 0 radical (unpaired) electrons. The van der Waals surface area contributed by atoms with Crippen molar-refractivity contribution in [2.45, 2.75) is 12.5 Å². The molecule has 1 unspecified atom stereocenters. The summed E-state index contributed by atoms with van der Waals surface area (Å²) >= 11 is 6.05. The zero-order valence-electron chi connectivity index (χ0n) is 18.8. The average Bonchev–Trinajstić information content (AvgIpc) is 2.82. The van der Waals surface area contributed by atoms with Crippen LogP contribution in [0.15, 0.2) is 91.0 Å². The van der Waals surface area contributed by atoms with Gasteiger partial charge in [-0.05, 0) is 84.9 Å². The van der Waals surface area contributed by atoms with Crippen molar-refractivity contribution in [2.24, 2.45) is 0 Å². The molecule has 5 heteroatoms. The third-order valence-corrected chi connectivity index (χ3v) is 5.92. The fraction of sp³-hybridized carbons (Fsp3) is 0.179. The number of carbonyl (C=O) groups is 1. The van der Waals surface area contributed by atoms with E-state index >= 15 is 0 Å². The normalized spacial score (nSPS) is 11.8. The molecule has 0 aliphatic heterocycles. The van der Waals surface area contributed by atoms with Gasteiger partial charge in [-0.2, -0.15) is 0 Å². The Bertz CT molecular complexity index is 1200. The molecule has 0 aromatic heterocycles. The highest BCUT2D eigenvalue weighted by Crippen LogP contribution is 2.25. The maximum absolute atomic E-state index is 13.0. The molecule has 4 aromatic carbocycles. The summed E-state index contributed by atoms with van der Waals surface area (Å²) in [6, 6.07) is 30.2. The number of rotatable bonds is 7. The monoisotopic (exact) mass is 478 g/mol. The lowest BCUT2D eigenvalue weighted by atomic mass is 9.99. The lowest BCUT2D eigenvalue weighted by Gasteiger charge is -2.21. The molecule has 0 saturated heterocycles. The minimum absolute atomic E-state index is 0. The molecule has 1 N–H and O–H groups in total. The minimum atomic E-state index is -0.0812. The van der Waals surface area contributed by atoms with Crippen LogP contribution in [0.3, 0.4) is 0 Å². The highest BCUT2D eigenvalue weighted by Gasteiger charge is 2.16. The Morgan fingerprint density at radius 2 is 1.48 bits per heavy atom. The number of benzene rings is 4. The lowest BCUT2D eigenvalue weighted by Crippen LogP contribution is -2.31. The Kier molecular flexibility index (Phi) is 8.51. The molecule has 0 spiro atoms. The van der Waals surface area contributed by atoms with Gasteiger partial charge in [-0.1, -0.05) is 72.3 Å². The van der Waals surface area contributed by atoms with Crippen LogP contribution in [0.1, 0.15) is 28.4 Å². The number of hydrogen-bond donors (Lipinski definition) is 1. The van der Waals surface area contributed by atoms with Crippen molar-refractivity contribution in [3.63, 3.8) is 0 Å². The number of nitrogens with zero attached hydrogens (tertiary/aromatic N) is 1. The molecule has 4 rings (SSSR count). The number of amides is 1. The predicted molar refractivity (Wildman–Crippen MR) is 141 cm³/mol. The number of hydrogen-bond acceptors (Lipinski definition) is 2. The molecule has 33 heavy (non-hydrogen) atoms. The first-order chi connectivity index (χ1) is 15.5. The number of nitrogens with one attached hydrogen (secondary N) is 1. The van der Waals surface area contributed by atoms with Crippen molar-refractivity contribution in [3.8, 4) is 11.1 Å². The van der Waals surface area contributed by atoms with E-state index in [0.717, 1.165) is 29.7 Å². The zero-order chi connectivity index (χ0) is 22.5.